The molecule has 1 aromatic heterocycles. The van der Waals surface area contributed by atoms with Gasteiger partial charge >= 0.3 is 0 Å². The molecule has 0 unspecified atom stereocenters. The SMILES string of the molecule is Cc1ccc(/C=N\NC(=O)c2[nH]ncc2I)cc1. The van der Waals surface area contributed by atoms with E-state index in [1.165, 1.54) is 5.56 Å². The first kappa shape index (κ1) is 12.7. The molecule has 1 amide bonds. The van der Waals surface area contributed by atoms with Gasteiger partial charge in [0.05, 0.1) is 16.0 Å². The number of benzene rings is 1. The first-order chi connectivity index (χ1) is 8.66. The van der Waals surface area contributed by atoms with E-state index in [0.29, 0.717) is 5.69 Å². The Kier molecular flexibility index (Phi) is 4.08. The number of H-pyrrole nitrogens is 1. The third-order valence-corrected chi connectivity index (χ3v) is 3.10. The largest absolute Gasteiger partial charge is 0.290 e. The molecule has 0 aliphatic heterocycles. The molecular weight excluding hydrogens is 343 g/mol. The Morgan fingerprint density at radius 2 is 2.17 bits per heavy atom. The predicted octanol–water partition coefficient (Wildman–Crippen LogP) is 2.09. The van der Waals surface area contributed by atoms with E-state index in [9.17, 15) is 4.79 Å². The van der Waals surface area contributed by atoms with Crippen LogP contribution in [-0.2, 0) is 0 Å². The van der Waals surface area contributed by atoms with Crippen LogP contribution in [-0.4, -0.2) is 22.3 Å². The second-order valence-corrected chi connectivity index (χ2v) is 4.86. The maximum absolute atomic E-state index is 11.7. The normalized spacial score (nSPS) is 10.8. The Balaban J connectivity index is 1.98. The van der Waals surface area contributed by atoms with E-state index >= 15 is 0 Å². The number of aromatic nitrogens is 2. The minimum Gasteiger partial charge on any atom is -0.272 e. The van der Waals surface area contributed by atoms with E-state index < -0.39 is 0 Å². The number of carbonyl (C=O) groups is 1. The van der Waals surface area contributed by atoms with Gasteiger partial charge in [-0.25, -0.2) is 5.43 Å². The molecule has 0 bridgehead atoms. The van der Waals surface area contributed by atoms with Crippen molar-refractivity contribution in [1.82, 2.24) is 15.6 Å². The zero-order valence-corrected chi connectivity index (χ0v) is 11.8. The lowest BCUT2D eigenvalue weighted by molar-refractivity contribution is 0.0949. The van der Waals surface area contributed by atoms with E-state index in [0.717, 1.165) is 9.13 Å². The molecule has 0 fully saturated rings. The highest BCUT2D eigenvalue weighted by molar-refractivity contribution is 14.1. The standard InChI is InChI=1S/C12H11IN4O/c1-8-2-4-9(5-3-8)6-14-17-12(18)11-10(13)7-15-16-11/h2-7H,1H3,(H,15,16)(H,17,18)/b14-6-. The molecule has 0 radical (unpaired) electrons. The second kappa shape index (κ2) is 5.76. The van der Waals surface area contributed by atoms with Gasteiger partial charge in [0.25, 0.3) is 5.91 Å². The monoisotopic (exact) mass is 354 g/mol. The maximum atomic E-state index is 11.7. The fourth-order valence-electron chi connectivity index (χ4n) is 1.30. The minimum absolute atomic E-state index is 0.305. The molecule has 0 aliphatic carbocycles. The Hall–Kier alpha value is -1.70. The molecule has 6 heteroatoms. The number of hydrazone groups is 1. The van der Waals surface area contributed by atoms with Gasteiger partial charge in [0, 0.05) is 0 Å². The van der Waals surface area contributed by atoms with Crippen molar-refractivity contribution in [3.05, 3.63) is 50.9 Å². The predicted molar refractivity (Wildman–Crippen MR) is 77.5 cm³/mol. The van der Waals surface area contributed by atoms with Gasteiger partial charge in [0.1, 0.15) is 5.69 Å². The van der Waals surface area contributed by atoms with Gasteiger partial charge < -0.3 is 0 Å². The highest BCUT2D eigenvalue weighted by Crippen LogP contribution is 2.07. The summed E-state index contributed by atoms with van der Waals surface area (Å²) in [6.45, 7) is 2.02. The number of carbonyl (C=O) groups excluding carboxylic acids is 1. The van der Waals surface area contributed by atoms with E-state index in [1.807, 2.05) is 53.8 Å². The molecule has 2 aromatic rings. The average Bonchev–Trinajstić information content (AvgIpc) is 2.78. The molecule has 0 spiro atoms. The molecule has 1 aromatic carbocycles. The number of aryl methyl sites for hydroxylation is 1. The van der Waals surface area contributed by atoms with Crippen molar-refractivity contribution in [2.45, 2.75) is 6.92 Å². The second-order valence-electron chi connectivity index (χ2n) is 3.70. The summed E-state index contributed by atoms with van der Waals surface area (Å²) in [5.41, 5.74) is 4.97. The summed E-state index contributed by atoms with van der Waals surface area (Å²) in [5.74, 6) is -0.305. The van der Waals surface area contributed by atoms with Crippen molar-refractivity contribution in [2.75, 3.05) is 0 Å². The van der Waals surface area contributed by atoms with Gasteiger partial charge in [-0.1, -0.05) is 29.8 Å². The summed E-state index contributed by atoms with van der Waals surface area (Å²) in [6, 6.07) is 7.85. The molecule has 2 N–H and O–H groups in total. The van der Waals surface area contributed by atoms with Gasteiger partial charge in [0.15, 0.2) is 0 Å². The minimum atomic E-state index is -0.305. The molecule has 2 rings (SSSR count). The Bertz CT molecular complexity index is 574. The van der Waals surface area contributed by atoms with Crippen molar-refractivity contribution in [2.24, 2.45) is 5.10 Å². The highest BCUT2D eigenvalue weighted by Gasteiger charge is 2.10. The van der Waals surface area contributed by atoms with Crippen LogP contribution in [0.25, 0.3) is 0 Å². The van der Waals surface area contributed by atoms with Crippen LogP contribution in [0.2, 0.25) is 0 Å². The Labute approximate surface area is 118 Å². The average molecular weight is 354 g/mol. The highest BCUT2D eigenvalue weighted by atomic mass is 127. The van der Waals surface area contributed by atoms with Crippen molar-refractivity contribution >= 4 is 34.7 Å². The number of amides is 1. The van der Waals surface area contributed by atoms with Gasteiger partial charge in [-0.05, 0) is 35.1 Å². The number of nitrogens with zero attached hydrogens (tertiary/aromatic N) is 2. The lowest BCUT2D eigenvalue weighted by Crippen LogP contribution is -2.19. The summed E-state index contributed by atoms with van der Waals surface area (Å²) >= 11 is 2.03. The summed E-state index contributed by atoms with van der Waals surface area (Å²) < 4.78 is 0.760. The summed E-state index contributed by atoms with van der Waals surface area (Å²) in [4.78, 5) is 11.7. The van der Waals surface area contributed by atoms with Crippen LogP contribution in [0, 0.1) is 10.5 Å². The Morgan fingerprint density at radius 1 is 1.44 bits per heavy atom. The maximum Gasteiger partial charge on any atom is 0.290 e. The fraction of sp³-hybridized carbons (Fsp3) is 0.0833. The van der Waals surface area contributed by atoms with E-state index in [1.54, 1.807) is 12.4 Å². The zero-order chi connectivity index (χ0) is 13.0. The number of aromatic amines is 1. The third kappa shape index (κ3) is 3.16. The third-order valence-electron chi connectivity index (χ3n) is 2.28. The van der Waals surface area contributed by atoms with Gasteiger partial charge in [-0.2, -0.15) is 10.2 Å². The molecule has 0 aliphatic rings. The van der Waals surface area contributed by atoms with E-state index in [-0.39, 0.29) is 5.91 Å². The van der Waals surface area contributed by atoms with Crippen LogP contribution in [0.3, 0.4) is 0 Å². The van der Waals surface area contributed by atoms with Crippen LogP contribution >= 0.6 is 22.6 Å². The summed E-state index contributed by atoms with van der Waals surface area (Å²) in [7, 11) is 0. The van der Waals surface area contributed by atoms with Crippen LogP contribution < -0.4 is 5.43 Å². The van der Waals surface area contributed by atoms with Crippen LogP contribution in [0.5, 0.6) is 0 Å². The van der Waals surface area contributed by atoms with Crippen LogP contribution in [0.1, 0.15) is 21.6 Å². The lowest BCUT2D eigenvalue weighted by atomic mass is 10.2. The van der Waals surface area contributed by atoms with Crippen molar-refractivity contribution in [1.29, 1.82) is 0 Å². The number of hydrogen-bond acceptors (Lipinski definition) is 3. The smallest absolute Gasteiger partial charge is 0.272 e. The van der Waals surface area contributed by atoms with Crippen molar-refractivity contribution in [3.8, 4) is 0 Å². The molecule has 0 saturated carbocycles. The van der Waals surface area contributed by atoms with Crippen LogP contribution in [0.15, 0.2) is 35.6 Å². The first-order valence-electron chi connectivity index (χ1n) is 5.26. The first-order valence-corrected chi connectivity index (χ1v) is 6.33. The summed E-state index contributed by atoms with van der Waals surface area (Å²) in [6.07, 6.45) is 3.18. The van der Waals surface area contributed by atoms with E-state index in [4.69, 9.17) is 0 Å². The quantitative estimate of drug-likeness (QED) is 0.503. The van der Waals surface area contributed by atoms with E-state index in [2.05, 4.69) is 20.7 Å². The number of nitrogens with one attached hydrogen (secondary N) is 2. The van der Waals surface area contributed by atoms with Gasteiger partial charge in [0.2, 0.25) is 0 Å². The number of halogens is 1. The molecule has 0 atom stereocenters. The molecule has 18 heavy (non-hydrogen) atoms. The lowest BCUT2D eigenvalue weighted by Gasteiger charge is -1.97. The summed E-state index contributed by atoms with van der Waals surface area (Å²) in [5, 5.41) is 10.3. The molecular formula is C12H11IN4O. The molecule has 0 saturated heterocycles. The van der Waals surface area contributed by atoms with Crippen LogP contribution in [0.4, 0.5) is 0 Å². The fourth-order valence-corrected chi connectivity index (χ4v) is 1.81. The molecule has 5 nitrogen and oxygen atoms in total. The zero-order valence-electron chi connectivity index (χ0n) is 9.64. The van der Waals surface area contributed by atoms with Crippen molar-refractivity contribution < 1.29 is 4.79 Å². The molecule has 92 valence electrons. The Morgan fingerprint density at radius 3 is 2.78 bits per heavy atom. The molecule has 1 heterocycles. The van der Waals surface area contributed by atoms with Gasteiger partial charge in [-0.3, -0.25) is 9.89 Å². The van der Waals surface area contributed by atoms with Crippen molar-refractivity contribution in [3.63, 3.8) is 0 Å². The number of hydrogen-bond donors (Lipinski definition) is 2. The topological polar surface area (TPSA) is 70.1 Å². The number of rotatable bonds is 3. The van der Waals surface area contributed by atoms with Gasteiger partial charge in [-0.15, -0.1) is 0 Å².